The first kappa shape index (κ1) is 29.2. The average Bonchev–Trinajstić information content (AvgIpc) is 3.30. The van der Waals surface area contributed by atoms with E-state index in [1.54, 1.807) is 25.1 Å². The first-order valence-corrected chi connectivity index (χ1v) is 12.5. The van der Waals surface area contributed by atoms with Gasteiger partial charge in [0.1, 0.15) is 11.5 Å². The van der Waals surface area contributed by atoms with Crippen molar-refractivity contribution < 1.29 is 37.8 Å². The first-order chi connectivity index (χ1) is 18.1. The number of benzene rings is 2. The zero-order valence-corrected chi connectivity index (χ0v) is 22.7. The Morgan fingerprint density at radius 2 is 1.85 bits per heavy atom. The fourth-order valence-electron chi connectivity index (χ4n) is 4.62. The Morgan fingerprint density at radius 1 is 1.21 bits per heavy atom. The lowest BCUT2D eigenvalue weighted by atomic mass is 9.79. The minimum Gasteiger partial charge on any atom is -0.433 e. The maximum Gasteiger partial charge on any atom is 0.494 e. The molecule has 13 heteroatoms. The molecule has 4 rings (SSSR count). The molecule has 3 aromatic rings. The van der Waals surface area contributed by atoms with Crippen molar-refractivity contribution in [2.75, 3.05) is 7.05 Å². The molecule has 1 aliphatic heterocycles. The third-order valence-electron chi connectivity index (χ3n) is 7.50. The minimum atomic E-state index is -3.17. The van der Waals surface area contributed by atoms with E-state index in [0.29, 0.717) is 22.8 Å². The highest BCUT2D eigenvalue weighted by Crippen LogP contribution is 2.39. The summed E-state index contributed by atoms with van der Waals surface area (Å²) in [5.74, 6) is -2.77. The van der Waals surface area contributed by atoms with Crippen molar-refractivity contribution in [3.8, 4) is 11.4 Å². The van der Waals surface area contributed by atoms with Gasteiger partial charge in [0.05, 0.1) is 28.3 Å². The van der Waals surface area contributed by atoms with Crippen LogP contribution >= 0.6 is 0 Å². The van der Waals surface area contributed by atoms with Gasteiger partial charge in [-0.3, -0.25) is 14.3 Å². The molecule has 39 heavy (non-hydrogen) atoms. The number of hydrogen-bond acceptors (Lipinski definition) is 8. The van der Waals surface area contributed by atoms with E-state index in [1.165, 1.54) is 29.8 Å². The molecule has 9 nitrogen and oxygen atoms in total. The number of fused-ring (bicyclic) bond motifs is 1. The summed E-state index contributed by atoms with van der Waals surface area (Å²) in [6, 6.07) is 8.62. The quantitative estimate of drug-likeness (QED) is 0.242. The number of halogens is 2. The first-order valence-electron chi connectivity index (χ1n) is 12.5. The summed E-state index contributed by atoms with van der Waals surface area (Å²) in [5.41, 5.74) is 0.357. The van der Waals surface area contributed by atoms with Crippen molar-refractivity contribution in [2.24, 2.45) is 0 Å². The van der Waals surface area contributed by atoms with Gasteiger partial charge in [-0.25, -0.2) is 4.98 Å². The number of hydrogen-bond donors (Lipinski definition) is 2. The van der Waals surface area contributed by atoms with Crippen molar-refractivity contribution in [3.05, 3.63) is 47.8 Å². The molecule has 1 aromatic heterocycles. The van der Waals surface area contributed by atoms with E-state index in [4.69, 9.17) is 26.9 Å². The Labute approximate surface area is 227 Å². The van der Waals surface area contributed by atoms with Crippen LogP contribution in [0, 0.1) is 0 Å². The van der Waals surface area contributed by atoms with Gasteiger partial charge in [0.25, 0.3) is 0 Å². The van der Waals surface area contributed by atoms with Crippen LogP contribution in [0.3, 0.4) is 0 Å². The van der Waals surface area contributed by atoms with Crippen LogP contribution in [0.5, 0.6) is 5.75 Å². The Kier molecular flexibility index (Phi) is 7.69. The van der Waals surface area contributed by atoms with Gasteiger partial charge in [0.15, 0.2) is 25.7 Å². The summed E-state index contributed by atoms with van der Waals surface area (Å²) < 4.78 is 45.6. The summed E-state index contributed by atoms with van der Waals surface area (Å²) in [4.78, 5) is 17.9. The lowest BCUT2D eigenvalue weighted by Gasteiger charge is -2.36. The molecule has 0 spiro atoms. The van der Waals surface area contributed by atoms with Crippen LogP contribution in [0.25, 0.3) is 16.7 Å². The summed E-state index contributed by atoms with van der Waals surface area (Å²) in [7, 11) is 6.22. The van der Waals surface area contributed by atoms with E-state index in [2.05, 4.69) is 0 Å². The van der Waals surface area contributed by atoms with Gasteiger partial charge in [-0.1, -0.05) is 19.1 Å². The predicted octanol–water partition coefficient (Wildman–Crippen LogP) is 2.89. The monoisotopic (exact) mass is 541 g/mol. The summed E-state index contributed by atoms with van der Waals surface area (Å²) in [5, 5.41) is 20.3. The molecule has 0 saturated carbocycles. The SMILES string of the molecule is [B]C(O)(O)N(C)C(CC)c1nc2ccc(B3OC(C)(C)C(C)(C)O3)cc2n1-c1c(C=O)cccc1OC(F)F. The van der Waals surface area contributed by atoms with Crippen molar-refractivity contribution in [1.82, 2.24) is 14.5 Å². The molecule has 206 valence electrons. The van der Waals surface area contributed by atoms with Gasteiger partial charge in [0, 0.05) is 5.56 Å². The van der Waals surface area contributed by atoms with Crippen LogP contribution in [-0.2, 0) is 9.31 Å². The number of carbonyl (C=O) groups is 1. The number of alkyl halides is 2. The second-order valence-corrected chi connectivity index (χ2v) is 10.6. The van der Waals surface area contributed by atoms with Crippen LogP contribution < -0.4 is 10.2 Å². The van der Waals surface area contributed by atoms with Crippen LogP contribution in [0.1, 0.15) is 63.3 Å². The normalized spacial score (nSPS) is 17.8. The van der Waals surface area contributed by atoms with Gasteiger partial charge in [-0.2, -0.15) is 8.78 Å². The number of aliphatic hydroxyl groups is 2. The van der Waals surface area contributed by atoms with Gasteiger partial charge >= 0.3 is 13.7 Å². The smallest absolute Gasteiger partial charge is 0.433 e. The number of para-hydroxylation sites is 1. The molecule has 0 aliphatic carbocycles. The fraction of sp³-hybridized carbons (Fsp3) is 0.462. The second-order valence-electron chi connectivity index (χ2n) is 10.6. The van der Waals surface area contributed by atoms with Crippen molar-refractivity contribution in [2.45, 2.75) is 70.7 Å². The molecule has 0 amide bonds. The molecule has 0 bridgehead atoms. The lowest BCUT2D eigenvalue weighted by Crippen LogP contribution is -2.49. The topological polar surface area (TPSA) is 106 Å². The van der Waals surface area contributed by atoms with E-state index in [9.17, 15) is 23.8 Å². The number of carbonyl (C=O) groups excluding carboxylic acids is 1. The highest BCUT2D eigenvalue weighted by Gasteiger charge is 2.51. The second kappa shape index (κ2) is 10.3. The van der Waals surface area contributed by atoms with E-state index < -0.39 is 36.8 Å². The number of aldehydes is 1. The van der Waals surface area contributed by atoms with Gasteiger partial charge in [-0.15, -0.1) is 0 Å². The largest absolute Gasteiger partial charge is 0.494 e. The Bertz CT molecular complexity index is 1360. The number of ether oxygens (including phenoxy) is 1. The molecule has 2 N–H and O–H groups in total. The minimum absolute atomic E-state index is 0.0155. The molecular weight excluding hydrogens is 510 g/mol. The highest BCUT2D eigenvalue weighted by atomic mass is 19.3. The molecule has 1 saturated heterocycles. The molecule has 1 aliphatic rings. The fourth-order valence-corrected chi connectivity index (χ4v) is 4.62. The third-order valence-corrected chi connectivity index (χ3v) is 7.50. The zero-order chi connectivity index (χ0) is 28.9. The Hall–Kier alpha value is -2.83. The van der Waals surface area contributed by atoms with Crippen LogP contribution in [0.15, 0.2) is 36.4 Å². The van der Waals surface area contributed by atoms with Crippen molar-refractivity contribution >= 4 is 37.7 Å². The molecule has 2 heterocycles. The van der Waals surface area contributed by atoms with E-state index in [1.807, 2.05) is 27.7 Å². The summed E-state index contributed by atoms with van der Waals surface area (Å²) in [6.45, 7) is 6.30. The maximum atomic E-state index is 13.5. The van der Waals surface area contributed by atoms with Crippen molar-refractivity contribution in [1.29, 1.82) is 0 Å². The Morgan fingerprint density at radius 3 is 2.38 bits per heavy atom. The number of rotatable bonds is 9. The summed E-state index contributed by atoms with van der Waals surface area (Å²) >= 11 is 0. The van der Waals surface area contributed by atoms with Gasteiger partial charge < -0.3 is 24.3 Å². The van der Waals surface area contributed by atoms with Crippen LogP contribution in [0.4, 0.5) is 8.78 Å². The third kappa shape index (κ3) is 5.33. The predicted molar refractivity (Wildman–Crippen MR) is 143 cm³/mol. The van der Waals surface area contributed by atoms with E-state index in [0.717, 1.165) is 4.90 Å². The molecule has 2 radical (unpaired) electrons. The molecule has 1 atom stereocenters. The summed E-state index contributed by atoms with van der Waals surface area (Å²) in [6.07, 6.45) is 0.815. The van der Waals surface area contributed by atoms with Gasteiger partial charge in [-0.05, 0) is 70.9 Å². The van der Waals surface area contributed by atoms with E-state index >= 15 is 0 Å². The standard InChI is InChI=1S/C26H31B2F2N3O6/c1-7-18(32(6)26(27,35)36)22-31-17-12-11-16(28-38-24(2,3)25(4,5)39-28)13-19(17)33(22)21-15(14-34)9-8-10-20(21)37-23(29)30/h8-14,18,23,35-36H,7H2,1-6H3. The molecule has 2 aromatic carbocycles. The molecular formula is C26H31B2F2N3O6. The van der Waals surface area contributed by atoms with Crippen molar-refractivity contribution in [3.63, 3.8) is 0 Å². The van der Waals surface area contributed by atoms with Crippen LogP contribution in [0.2, 0.25) is 0 Å². The molecule has 1 fully saturated rings. The van der Waals surface area contributed by atoms with Gasteiger partial charge in [0.2, 0.25) is 0 Å². The van der Waals surface area contributed by atoms with Crippen LogP contribution in [-0.4, -0.2) is 76.6 Å². The number of nitrogens with zero attached hydrogens (tertiary/aromatic N) is 3. The zero-order valence-electron chi connectivity index (χ0n) is 22.7. The average molecular weight is 541 g/mol. The highest BCUT2D eigenvalue weighted by molar-refractivity contribution is 6.62. The number of imidazole rings is 1. The van der Waals surface area contributed by atoms with E-state index in [-0.39, 0.29) is 29.2 Å². The maximum absolute atomic E-state index is 13.5. The molecule has 1 unspecified atom stereocenters. The number of aromatic nitrogens is 2. The lowest BCUT2D eigenvalue weighted by molar-refractivity contribution is -0.203. The Balaban J connectivity index is 2.03.